The highest BCUT2D eigenvalue weighted by atomic mass is 16.5. The van der Waals surface area contributed by atoms with Crippen LogP contribution in [0.5, 0.6) is 11.5 Å². The number of rotatable bonds is 3. The van der Waals surface area contributed by atoms with E-state index in [1.807, 2.05) is 36.4 Å². The van der Waals surface area contributed by atoms with Crippen LogP contribution < -0.4 is 4.74 Å². The molecule has 9 rings (SSSR count). The van der Waals surface area contributed by atoms with Crippen LogP contribution >= 0.6 is 0 Å². The summed E-state index contributed by atoms with van der Waals surface area (Å²) < 4.78 is 6.64. The van der Waals surface area contributed by atoms with Gasteiger partial charge in [-0.15, -0.1) is 0 Å². The average molecular weight is 563 g/mol. The molecular weight excluding hydrogens is 536 g/mol. The van der Waals surface area contributed by atoms with E-state index in [0.717, 1.165) is 50.7 Å². The van der Waals surface area contributed by atoms with E-state index in [0.29, 0.717) is 5.82 Å². The van der Waals surface area contributed by atoms with Crippen LogP contribution in [0.1, 0.15) is 22.3 Å². The van der Waals surface area contributed by atoms with Crippen LogP contribution in [0.3, 0.4) is 0 Å². The fraction of sp³-hybridized carbons (Fsp3) is 0.0244. The van der Waals surface area contributed by atoms with E-state index in [4.69, 9.17) is 14.7 Å². The van der Waals surface area contributed by atoms with E-state index >= 15 is 0 Å². The molecule has 206 valence electrons. The molecule has 0 saturated heterocycles. The van der Waals surface area contributed by atoms with Gasteiger partial charge in [-0.25, -0.2) is 9.97 Å². The minimum Gasteiger partial charge on any atom is -0.457 e. The third-order valence-corrected chi connectivity index (χ3v) is 8.97. The van der Waals surface area contributed by atoms with Gasteiger partial charge >= 0.3 is 0 Å². The van der Waals surface area contributed by atoms with Crippen molar-refractivity contribution >= 4 is 0 Å². The van der Waals surface area contributed by atoms with E-state index in [9.17, 15) is 0 Å². The molecule has 3 heteroatoms. The Bertz CT molecular complexity index is 2100. The molecule has 2 heterocycles. The fourth-order valence-electron chi connectivity index (χ4n) is 7.08. The van der Waals surface area contributed by atoms with Crippen LogP contribution in [-0.4, -0.2) is 9.97 Å². The van der Waals surface area contributed by atoms with Crippen molar-refractivity contribution in [1.29, 1.82) is 0 Å². The normalized spacial score (nSPS) is 13.4. The van der Waals surface area contributed by atoms with Crippen LogP contribution in [0.2, 0.25) is 0 Å². The molecule has 1 aliphatic carbocycles. The Morgan fingerprint density at radius 1 is 0.386 bits per heavy atom. The summed E-state index contributed by atoms with van der Waals surface area (Å²) in [6.07, 6.45) is 0. The van der Waals surface area contributed by atoms with Crippen LogP contribution in [0, 0.1) is 0 Å². The van der Waals surface area contributed by atoms with Crippen LogP contribution in [-0.2, 0) is 5.41 Å². The van der Waals surface area contributed by atoms with Crippen molar-refractivity contribution in [1.82, 2.24) is 9.97 Å². The second-order valence-corrected chi connectivity index (χ2v) is 11.3. The van der Waals surface area contributed by atoms with Gasteiger partial charge < -0.3 is 4.74 Å². The number of hydrogen-bond donors (Lipinski definition) is 0. The Balaban J connectivity index is 1.32. The smallest absolute Gasteiger partial charge is 0.160 e. The first-order chi connectivity index (χ1) is 21.8. The molecule has 0 N–H and O–H groups in total. The van der Waals surface area contributed by atoms with Crippen LogP contribution in [0.4, 0.5) is 0 Å². The number of ether oxygens (including phenoxy) is 1. The van der Waals surface area contributed by atoms with Gasteiger partial charge in [0.1, 0.15) is 11.5 Å². The molecule has 7 aromatic rings. The molecule has 0 atom stereocenters. The lowest BCUT2D eigenvalue weighted by Gasteiger charge is -2.39. The van der Waals surface area contributed by atoms with Gasteiger partial charge in [-0.1, -0.05) is 127 Å². The van der Waals surface area contributed by atoms with Crippen molar-refractivity contribution in [3.63, 3.8) is 0 Å². The maximum Gasteiger partial charge on any atom is 0.160 e. The molecule has 1 spiro atoms. The fourth-order valence-corrected chi connectivity index (χ4v) is 7.08. The summed E-state index contributed by atoms with van der Waals surface area (Å²) in [5, 5.41) is 0. The van der Waals surface area contributed by atoms with Gasteiger partial charge in [0.05, 0.1) is 16.8 Å². The average Bonchev–Trinajstić information content (AvgIpc) is 3.40. The standard InChI is InChI=1S/C41H26N2O/c1-3-13-27(14-4-1)36-26-37(43-40(42-36)28-15-5-2-6-16-28)29-23-24-39-35(25-29)41(34-21-11-12-22-38(34)44-39)32-19-9-7-17-30(32)31-18-8-10-20-33(31)41/h1-26H. The maximum absolute atomic E-state index is 6.64. The highest BCUT2D eigenvalue weighted by Crippen LogP contribution is 2.62. The van der Waals surface area contributed by atoms with E-state index in [1.165, 1.54) is 22.3 Å². The molecule has 1 aromatic heterocycles. The number of hydrogen-bond acceptors (Lipinski definition) is 3. The van der Waals surface area contributed by atoms with E-state index in [2.05, 4.69) is 121 Å². The number of benzene rings is 6. The third kappa shape index (κ3) is 3.56. The monoisotopic (exact) mass is 562 g/mol. The molecule has 0 unspecified atom stereocenters. The van der Waals surface area contributed by atoms with Crippen molar-refractivity contribution in [2.24, 2.45) is 0 Å². The molecule has 0 bridgehead atoms. The van der Waals surface area contributed by atoms with Crippen molar-refractivity contribution < 1.29 is 4.74 Å². The van der Waals surface area contributed by atoms with Gasteiger partial charge in [0, 0.05) is 27.8 Å². The Hall–Kier alpha value is -5.80. The number of fused-ring (bicyclic) bond motifs is 9. The zero-order valence-corrected chi connectivity index (χ0v) is 23.8. The van der Waals surface area contributed by atoms with Gasteiger partial charge in [-0.3, -0.25) is 0 Å². The largest absolute Gasteiger partial charge is 0.457 e. The molecule has 3 nitrogen and oxygen atoms in total. The zero-order valence-electron chi connectivity index (χ0n) is 23.8. The van der Waals surface area contributed by atoms with E-state index < -0.39 is 5.41 Å². The summed E-state index contributed by atoms with van der Waals surface area (Å²) in [6.45, 7) is 0. The Morgan fingerprint density at radius 3 is 1.59 bits per heavy atom. The predicted octanol–water partition coefficient (Wildman–Crippen LogP) is 9.95. The van der Waals surface area contributed by atoms with Gasteiger partial charge in [-0.05, 0) is 52.6 Å². The summed E-state index contributed by atoms with van der Waals surface area (Å²) in [7, 11) is 0. The number of nitrogens with zero attached hydrogens (tertiary/aromatic N) is 2. The molecule has 0 saturated carbocycles. The van der Waals surface area contributed by atoms with Gasteiger partial charge in [-0.2, -0.15) is 0 Å². The minimum absolute atomic E-state index is 0.523. The summed E-state index contributed by atoms with van der Waals surface area (Å²) in [6, 6.07) is 55.2. The molecule has 6 aromatic carbocycles. The molecule has 2 aliphatic rings. The molecule has 0 amide bonds. The lowest BCUT2D eigenvalue weighted by molar-refractivity contribution is 0.436. The first-order valence-electron chi connectivity index (χ1n) is 14.9. The lowest BCUT2D eigenvalue weighted by atomic mass is 9.66. The predicted molar refractivity (Wildman–Crippen MR) is 176 cm³/mol. The summed E-state index contributed by atoms with van der Waals surface area (Å²) in [4.78, 5) is 10.2. The van der Waals surface area contributed by atoms with E-state index in [1.54, 1.807) is 0 Å². The molecule has 0 fully saturated rings. The van der Waals surface area contributed by atoms with Crippen LogP contribution in [0.25, 0.3) is 45.0 Å². The molecule has 44 heavy (non-hydrogen) atoms. The summed E-state index contributed by atoms with van der Waals surface area (Å²) >= 11 is 0. The first-order valence-corrected chi connectivity index (χ1v) is 14.9. The van der Waals surface area contributed by atoms with Crippen molar-refractivity contribution in [2.75, 3.05) is 0 Å². The highest BCUT2D eigenvalue weighted by Gasteiger charge is 2.51. The molecular formula is C41H26N2O. The molecule has 0 radical (unpaired) electrons. The maximum atomic E-state index is 6.64. The van der Waals surface area contributed by atoms with Gasteiger partial charge in [0.2, 0.25) is 0 Å². The quantitative estimate of drug-likeness (QED) is 0.215. The number of aromatic nitrogens is 2. The van der Waals surface area contributed by atoms with Crippen LogP contribution in [0.15, 0.2) is 158 Å². The van der Waals surface area contributed by atoms with Gasteiger partial charge in [0.15, 0.2) is 5.82 Å². The SMILES string of the molecule is c1ccc(-c2cc(-c3ccc4c(c3)C3(c5ccccc5O4)c4ccccc4-c4ccccc43)nc(-c3ccccc3)n2)cc1. The Morgan fingerprint density at radius 2 is 0.909 bits per heavy atom. The third-order valence-electron chi connectivity index (χ3n) is 8.97. The topological polar surface area (TPSA) is 35.0 Å². The molecule has 1 aliphatic heterocycles. The zero-order chi connectivity index (χ0) is 29.1. The number of para-hydroxylation sites is 1. The van der Waals surface area contributed by atoms with Crippen molar-refractivity contribution in [3.05, 3.63) is 180 Å². The Labute approximate surface area is 256 Å². The summed E-state index contributed by atoms with van der Waals surface area (Å²) in [5.41, 5.74) is 11.6. The Kier molecular flexibility index (Phi) is 5.41. The highest BCUT2D eigenvalue weighted by molar-refractivity contribution is 5.89. The first kappa shape index (κ1) is 24.8. The second kappa shape index (κ2) is 9.62. The van der Waals surface area contributed by atoms with Gasteiger partial charge in [0.25, 0.3) is 0 Å². The minimum atomic E-state index is -0.523. The van der Waals surface area contributed by atoms with Crippen molar-refractivity contribution in [2.45, 2.75) is 5.41 Å². The lowest BCUT2D eigenvalue weighted by Crippen LogP contribution is -2.32. The van der Waals surface area contributed by atoms with Crippen molar-refractivity contribution in [3.8, 4) is 56.5 Å². The summed E-state index contributed by atoms with van der Waals surface area (Å²) in [5.74, 6) is 2.45. The van der Waals surface area contributed by atoms with E-state index in [-0.39, 0.29) is 0 Å². The second-order valence-electron chi connectivity index (χ2n) is 11.3.